The number of benzene rings is 9. The third-order valence-electron chi connectivity index (χ3n) is 19.4. The summed E-state index contributed by atoms with van der Waals surface area (Å²) >= 11 is 0. The van der Waals surface area contributed by atoms with Gasteiger partial charge in [-0.3, -0.25) is 0 Å². The second kappa shape index (κ2) is 24.9. The van der Waals surface area contributed by atoms with Crippen LogP contribution in [0.2, 0.25) is 0 Å². The lowest BCUT2D eigenvalue weighted by atomic mass is 9.93. The molecule has 486 valence electrons. The molecule has 9 aromatic heterocycles. The molecular weight excluding hydrogens is 1230 g/mol. The Morgan fingerprint density at radius 1 is 0.310 bits per heavy atom. The van der Waals surface area contributed by atoms with E-state index >= 15 is 0 Å². The average molecular weight is 1320 g/mol. The van der Waals surface area contributed by atoms with Gasteiger partial charge in [0.1, 0.15) is 21.1 Å². The van der Waals surface area contributed by atoms with E-state index in [2.05, 4.69) is 36.2 Å². The predicted molar refractivity (Wildman–Crippen MR) is 411 cm³/mol. The second-order valence-corrected chi connectivity index (χ2v) is 25.8. The molecule has 0 saturated heterocycles. The van der Waals surface area contributed by atoms with Gasteiger partial charge in [0, 0.05) is 105 Å². The lowest BCUT2D eigenvalue weighted by molar-refractivity contribution is -0.660. The van der Waals surface area contributed by atoms with Crippen LogP contribution in [-0.4, -0.2) is 15.0 Å². The Labute approximate surface area is 602 Å². The van der Waals surface area contributed by atoms with Crippen molar-refractivity contribution in [1.82, 2.24) is 15.0 Å². The molecule has 0 unspecified atom stereocenters. The summed E-state index contributed by atoms with van der Waals surface area (Å²) in [5.41, 5.74) is 17.1. The molecule has 0 spiro atoms. The third-order valence-corrected chi connectivity index (χ3v) is 19.4. The number of aromatic nitrogens is 6. The third kappa shape index (κ3) is 10.5. The molecule has 9 heteroatoms. The topological polar surface area (TPSA) is 89.7 Å². The second-order valence-electron chi connectivity index (χ2n) is 25.8. The molecule has 0 aliphatic heterocycles. The summed E-state index contributed by atoms with van der Waals surface area (Å²) in [6.45, 7) is -2.04. The Bertz CT molecular complexity index is 6980. The van der Waals surface area contributed by atoms with Crippen molar-refractivity contribution in [1.29, 1.82) is 0 Å². The quantitative estimate of drug-likeness (QED) is 0.154. The van der Waals surface area contributed by atoms with E-state index in [0.717, 1.165) is 93.6 Å². The first-order valence-corrected chi connectivity index (χ1v) is 33.1. The smallest absolute Gasteiger partial charge is 0.228 e. The molecule has 0 amide bonds. The molecule has 18 rings (SSSR count). The van der Waals surface area contributed by atoms with Crippen molar-refractivity contribution in [2.45, 2.75) is 68.9 Å². The van der Waals surface area contributed by atoms with E-state index in [-0.39, 0.29) is 22.3 Å². The molecule has 0 saturated carbocycles. The molecule has 0 radical (unpaired) electrons. The van der Waals surface area contributed by atoms with Crippen LogP contribution in [0.15, 0.2) is 244 Å². The first kappa shape index (κ1) is 47.9. The summed E-state index contributed by atoms with van der Waals surface area (Å²) in [5, 5.41) is 10.1. The van der Waals surface area contributed by atoms with Crippen LogP contribution in [0.4, 0.5) is 0 Å². The lowest BCUT2D eigenvalue weighted by Crippen LogP contribution is -2.31. The number of hydrogen-bond donors (Lipinski definition) is 0. The largest absolute Gasteiger partial charge is 0.437 e. The minimum Gasteiger partial charge on any atom is -0.437 e. The van der Waals surface area contributed by atoms with E-state index in [1.807, 2.05) is 209 Å². The first-order valence-electron chi connectivity index (χ1n) is 40.6. The highest BCUT2D eigenvalue weighted by atomic mass is 16.3. The van der Waals surface area contributed by atoms with Gasteiger partial charge in [-0.1, -0.05) is 188 Å². The van der Waals surface area contributed by atoms with Crippen molar-refractivity contribution in [3.05, 3.63) is 287 Å². The minimum absolute atomic E-state index is 0.195. The van der Waals surface area contributed by atoms with E-state index in [1.165, 1.54) is 0 Å². The summed E-state index contributed by atoms with van der Waals surface area (Å²) in [5.74, 6) is 0. The summed E-state index contributed by atoms with van der Waals surface area (Å²) in [6, 6.07) is 65.5. The summed E-state index contributed by atoms with van der Waals surface area (Å²) in [4.78, 5) is 14.1. The standard InChI is InChI=1S/C31H27N2O.2C30H25N2O/c1-18-15-19(2)28-29-24-14-10-9-13-23(24)21(4)32-31(29)34-30(28)27(18)26-16-25(20(3)17-33(26)5)22-11-7-6-8-12-22;1-18-14-19(2)27-28-23-13-9-8-12-22(23)16-31-30(28)33-29(27)26(18)25-15-24(20(3)17-32(25)4)21-10-6-5-7-11-21;1-18-14-15-24-28-23-13-9-8-12-22(23)20(3)31-30(28)33-29(24)27(18)26-16-25(19(2)17-32(26)4)21-10-6-5-7-11-21/h6-17H,1-5H3;2*5-17H,1-4H3/q3*+1/i2*2D3,3D3;2D3. The fourth-order valence-electron chi connectivity index (χ4n) is 14.7. The van der Waals surface area contributed by atoms with Crippen molar-refractivity contribution in [3.8, 4) is 67.2 Å². The van der Waals surface area contributed by atoms with Crippen LogP contribution < -0.4 is 13.7 Å². The Hall–Kier alpha value is -11.9. The lowest BCUT2D eigenvalue weighted by Gasteiger charge is -2.11. The number of nitrogens with zero attached hydrogens (tertiary/aromatic N) is 6. The molecule has 0 atom stereocenters. The minimum atomic E-state index is -2.40. The zero-order chi connectivity index (χ0) is 81.4. The summed E-state index contributed by atoms with van der Waals surface area (Å²) in [7, 11) is 5.47. The predicted octanol–water partition coefficient (Wildman–Crippen LogP) is 22.0. The van der Waals surface area contributed by atoms with Crippen molar-refractivity contribution in [2.75, 3.05) is 0 Å². The molecule has 0 bridgehead atoms. The van der Waals surface area contributed by atoms with Crippen molar-refractivity contribution < 1.29 is 47.5 Å². The average Bonchev–Trinajstić information content (AvgIpc) is 1.61. The van der Waals surface area contributed by atoms with Gasteiger partial charge >= 0.3 is 0 Å². The molecule has 18 aromatic rings. The Kier molecular flexibility index (Phi) is 11.9. The van der Waals surface area contributed by atoms with Crippen LogP contribution in [0, 0.1) is 68.9 Å². The molecule has 100 heavy (non-hydrogen) atoms. The molecule has 0 N–H and O–H groups in total. The van der Waals surface area contributed by atoms with Gasteiger partial charge in [0.05, 0.1) is 32.8 Å². The van der Waals surface area contributed by atoms with Gasteiger partial charge in [0.25, 0.3) is 0 Å². The fourth-order valence-corrected chi connectivity index (χ4v) is 14.7. The Morgan fingerprint density at radius 3 is 1.14 bits per heavy atom. The van der Waals surface area contributed by atoms with Crippen LogP contribution in [0.1, 0.15) is 76.5 Å². The maximum atomic E-state index is 8.38. The number of rotatable bonds is 6. The maximum absolute atomic E-state index is 8.38. The maximum Gasteiger partial charge on any atom is 0.228 e. The summed E-state index contributed by atoms with van der Waals surface area (Å²) in [6.07, 6.45) is 6.71. The number of fused-ring (bicyclic) bond motifs is 15. The molecular formula is C91H77N6O3+3. The highest BCUT2D eigenvalue weighted by molar-refractivity contribution is 6.23. The van der Waals surface area contributed by atoms with Crippen LogP contribution in [0.3, 0.4) is 0 Å². The van der Waals surface area contributed by atoms with Gasteiger partial charge in [-0.15, -0.1) is 0 Å². The molecule has 0 fully saturated rings. The van der Waals surface area contributed by atoms with Crippen molar-refractivity contribution in [2.24, 2.45) is 21.1 Å². The normalized spacial score (nSPS) is 14.5. The van der Waals surface area contributed by atoms with Gasteiger partial charge in [0.2, 0.25) is 34.2 Å². The monoisotopic (exact) mass is 1320 g/mol. The van der Waals surface area contributed by atoms with E-state index in [1.54, 1.807) is 60.1 Å². The number of pyridine rings is 6. The van der Waals surface area contributed by atoms with Crippen molar-refractivity contribution in [3.63, 3.8) is 0 Å². The molecule has 9 nitrogen and oxygen atoms in total. The zero-order valence-corrected chi connectivity index (χ0v) is 56.3. The Balaban J connectivity index is 0.000000130. The molecule has 9 heterocycles. The van der Waals surface area contributed by atoms with Crippen LogP contribution in [0.5, 0.6) is 0 Å². The van der Waals surface area contributed by atoms with Crippen LogP contribution in [0.25, 0.3) is 166 Å². The van der Waals surface area contributed by atoms with Crippen LogP contribution in [-0.2, 0) is 21.1 Å². The summed E-state index contributed by atoms with van der Waals surface area (Å²) < 4.78 is 149. The van der Waals surface area contributed by atoms with Gasteiger partial charge in [-0.2, -0.15) is 0 Å². The number of aryl methyl sites for hydroxylation is 13. The molecule has 9 aromatic carbocycles. The van der Waals surface area contributed by atoms with E-state index in [0.29, 0.717) is 106 Å². The number of furan rings is 3. The van der Waals surface area contributed by atoms with E-state index in [4.69, 9.17) is 43.8 Å². The van der Waals surface area contributed by atoms with Crippen LogP contribution >= 0.6 is 0 Å². The molecule has 0 aliphatic rings. The Morgan fingerprint density at radius 2 is 0.680 bits per heavy atom. The van der Waals surface area contributed by atoms with Gasteiger partial charge in [0.15, 0.2) is 35.3 Å². The van der Waals surface area contributed by atoms with E-state index < -0.39 is 34.3 Å². The highest BCUT2D eigenvalue weighted by Gasteiger charge is 2.29. The van der Waals surface area contributed by atoms with Gasteiger partial charge in [-0.05, 0) is 146 Å². The van der Waals surface area contributed by atoms with Gasteiger partial charge < -0.3 is 13.3 Å². The SMILES string of the molecule is [2H]C([2H])([2H])c1c[n+](C)c(-c2c(C)cc(C([2H])([2H])[2H])c3c2oc2nc(C)c4ccccc4c23)cc1-c1ccccc1.[2H]C([2H])([2H])c1c[n+](C)c(-c2c(C)cc(C([2H])([2H])[2H])c3c2oc2ncc4ccccc4c23)cc1-c1ccccc1.[2H]C([2H])([2H])c1c[n+](C)c(-c2c(C)ccc3c2oc2nc(C)c4ccccc4c23)cc1-c1ccccc1. The molecule has 0 aliphatic carbocycles. The highest BCUT2D eigenvalue weighted by Crippen LogP contribution is 2.46. The van der Waals surface area contributed by atoms with E-state index in [9.17, 15) is 0 Å². The van der Waals surface area contributed by atoms with Gasteiger partial charge in [-0.25, -0.2) is 28.7 Å². The number of hydrogen-bond acceptors (Lipinski definition) is 6. The fraction of sp³-hybridized carbons (Fsp3) is 0.143. The van der Waals surface area contributed by atoms with Crippen molar-refractivity contribution >= 4 is 98.5 Å². The first-order chi connectivity index (χ1) is 54.5. The zero-order valence-electron chi connectivity index (χ0n) is 71.3.